The quantitative estimate of drug-likeness (QED) is 0.700. The van der Waals surface area contributed by atoms with E-state index in [4.69, 9.17) is 4.74 Å². The molecule has 1 spiro atoms. The monoisotopic (exact) mass is 267 g/mol. The predicted octanol–water partition coefficient (Wildman–Crippen LogP) is -0.0346. The third kappa shape index (κ3) is 2.64. The minimum atomic E-state index is -0.149. The van der Waals surface area contributed by atoms with Gasteiger partial charge in [-0.15, -0.1) is 0 Å². The average molecular weight is 267 g/mol. The van der Waals surface area contributed by atoms with Gasteiger partial charge in [0.1, 0.15) is 6.04 Å². The van der Waals surface area contributed by atoms with Gasteiger partial charge < -0.3 is 20.3 Å². The number of rotatable bonds is 1. The summed E-state index contributed by atoms with van der Waals surface area (Å²) >= 11 is 0. The number of hydrogen-bond acceptors (Lipinski definition) is 4. The van der Waals surface area contributed by atoms with Crippen LogP contribution in [-0.2, 0) is 9.53 Å². The zero-order valence-corrected chi connectivity index (χ0v) is 11.8. The molecule has 0 bridgehead atoms. The van der Waals surface area contributed by atoms with Crippen LogP contribution < -0.4 is 10.6 Å². The Labute approximate surface area is 115 Å². The molecule has 5 heteroatoms. The molecule has 0 aliphatic carbocycles. The molecule has 3 heterocycles. The van der Waals surface area contributed by atoms with Crippen LogP contribution in [0.1, 0.15) is 26.2 Å². The highest BCUT2D eigenvalue weighted by atomic mass is 16.5. The maximum atomic E-state index is 12.5. The third-order valence-corrected chi connectivity index (χ3v) is 5.05. The van der Waals surface area contributed by atoms with Crippen LogP contribution in [0.15, 0.2) is 0 Å². The zero-order chi connectivity index (χ0) is 13.3. The summed E-state index contributed by atoms with van der Waals surface area (Å²) < 4.78 is 5.58. The second-order valence-electron chi connectivity index (χ2n) is 6.26. The fourth-order valence-corrected chi connectivity index (χ4v) is 3.63. The molecule has 1 amide bonds. The summed E-state index contributed by atoms with van der Waals surface area (Å²) in [6, 6.07) is -0.149. The van der Waals surface area contributed by atoms with Gasteiger partial charge >= 0.3 is 0 Å². The molecule has 0 aromatic rings. The van der Waals surface area contributed by atoms with Crippen LogP contribution in [0, 0.1) is 5.41 Å². The minimum Gasteiger partial charge on any atom is -0.375 e. The Morgan fingerprint density at radius 3 is 2.68 bits per heavy atom. The van der Waals surface area contributed by atoms with E-state index in [2.05, 4.69) is 10.6 Å². The maximum absolute atomic E-state index is 12.5. The van der Waals surface area contributed by atoms with Gasteiger partial charge in [-0.2, -0.15) is 0 Å². The van der Waals surface area contributed by atoms with Crippen molar-refractivity contribution in [2.45, 2.75) is 38.3 Å². The number of amides is 1. The van der Waals surface area contributed by atoms with Gasteiger partial charge in [0.05, 0.1) is 12.7 Å². The maximum Gasteiger partial charge on any atom is 0.242 e. The van der Waals surface area contributed by atoms with Crippen LogP contribution in [0.25, 0.3) is 0 Å². The molecule has 3 aliphatic heterocycles. The fraction of sp³-hybridized carbons (Fsp3) is 0.929. The fourth-order valence-electron chi connectivity index (χ4n) is 3.63. The first-order valence-electron chi connectivity index (χ1n) is 7.55. The third-order valence-electron chi connectivity index (χ3n) is 5.05. The van der Waals surface area contributed by atoms with Crippen molar-refractivity contribution in [3.63, 3.8) is 0 Å². The van der Waals surface area contributed by atoms with Crippen LogP contribution in [0.3, 0.4) is 0 Å². The standard InChI is InChI=1S/C14H25N3O2/c1-11-12(16-6-9-19-11)13(18)17-7-3-14(4-8-17)2-5-15-10-14/h11-12,15-16H,2-10H2,1H3/t11-,12+/m1/s1. The van der Waals surface area contributed by atoms with Crippen molar-refractivity contribution >= 4 is 5.91 Å². The number of nitrogens with zero attached hydrogens (tertiary/aromatic N) is 1. The number of carbonyl (C=O) groups is 1. The molecule has 0 radical (unpaired) electrons. The van der Waals surface area contributed by atoms with E-state index in [1.54, 1.807) is 0 Å². The molecule has 2 N–H and O–H groups in total. The van der Waals surface area contributed by atoms with E-state index in [0.717, 1.165) is 45.6 Å². The number of morpholine rings is 1. The first-order valence-corrected chi connectivity index (χ1v) is 7.55. The Balaban J connectivity index is 1.57. The molecule has 3 rings (SSSR count). The van der Waals surface area contributed by atoms with E-state index in [1.165, 1.54) is 6.42 Å². The predicted molar refractivity (Wildman–Crippen MR) is 72.9 cm³/mol. The highest BCUT2D eigenvalue weighted by Crippen LogP contribution is 2.37. The summed E-state index contributed by atoms with van der Waals surface area (Å²) in [4.78, 5) is 14.6. The van der Waals surface area contributed by atoms with Gasteiger partial charge in [0.25, 0.3) is 0 Å². The minimum absolute atomic E-state index is 0.00900. The van der Waals surface area contributed by atoms with Gasteiger partial charge in [0.15, 0.2) is 0 Å². The molecule has 108 valence electrons. The Hall–Kier alpha value is -0.650. The Kier molecular flexibility index (Phi) is 3.78. The average Bonchev–Trinajstić information content (AvgIpc) is 2.88. The van der Waals surface area contributed by atoms with Crippen LogP contribution >= 0.6 is 0 Å². The van der Waals surface area contributed by atoms with Gasteiger partial charge in [-0.3, -0.25) is 4.79 Å². The van der Waals surface area contributed by atoms with Crippen LogP contribution in [0.2, 0.25) is 0 Å². The van der Waals surface area contributed by atoms with Gasteiger partial charge in [0, 0.05) is 26.2 Å². The van der Waals surface area contributed by atoms with Crippen molar-refractivity contribution in [1.82, 2.24) is 15.5 Å². The Morgan fingerprint density at radius 1 is 1.26 bits per heavy atom. The molecule has 0 aromatic heterocycles. The molecule has 3 saturated heterocycles. The molecule has 0 saturated carbocycles. The molecular formula is C14H25N3O2. The lowest BCUT2D eigenvalue weighted by molar-refractivity contribution is -0.141. The van der Waals surface area contributed by atoms with E-state index < -0.39 is 0 Å². The molecule has 19 heavy (non-hydrogen) atoms. The summed E-state index contributed by atoms with van der Waals surface area (Å²) in [5.41, 5.74) is 0.471. The molecule has 0 unspecified atom stereocenters. The SMILES string of the molecule is C[C@H]1OCCN[C@@H]1C(=O)N1CCC2(CCNC2)CC1. The van der Waals surface area contributed by atoms with Crippen LogP contribution in [0.4, 0.5) is 0 Å². The summed E-state index contributed by atoms with van der Waals surface area (Å²) in [6.07, 6.45) is 3.56. The second kappa shape index (κ2) is 5.38. The zero-order valence-electron chi connectivity index (χ0n) is 11.8. The van der Waals surface area contributed by atoms with E-state index in [-0.39, 0.29) is 18.1 Å². The van der Waals surface area contributed by atoms with Crippen LogP contribution in [0.5, 0.6) is 0 Å². The number of ether oxygens (including phenoxy) is 1. The first-order chi connectivity index (χ1) is 9.20. The van der Waals surface area contributed by atoms with E-state index >= 15 is 0 Å². The number of likely N-dealkylation sites (tertiary alicyclic amines) is 1. The lowest BCUT2D eigenvalue weighted by atomic mass is 9.77. The lowest BCUT2D eigenvalue weighted by Gasteiger charge is -2.41. The van der Waals surface area contributed by atoms with Crippen molar-refractivity contribution in [2.24, 2.45) is 5.41 Å². The Bertz CT molecular complexity index is 332. The van der Waals surface area contributed by atoms with Gasteiger partial charge in [0.2, 0.25) is 5.91 Å². The van der Waals surface area contributed by atoms with Crippen LogP contribution in [-0.4, -0.2) is 62.3 Å². The van der Waals surface area contributed by atoms with Crippen molar-refractivity contribution in [3.05, 3.63) is 0 Å². The number of nitrogens with one attached hydrogen (secondary N) is 2. The smallest absolute Gasteiger partial charge is 0.242 e. The summed E-state index contributed by atoms with van der Waals surface area (Å²) in [5, 5.41) is 6.76. The Morgan fingerprint density at radius 2 is 2.05 bits per heavy atom. The topological polar surface area (TPSA) is 53.6 Å². The molecule has 3 aliphatic rings. The molecule has 2 atom stereocenters. The summed E-state index contributed by atoms with van der Waals surface area (Å²) in [7, 11) is 0. The number of piperidine rings is 1. The molecule has 5 nitrogen and oxygen atoms in total. The van der Waals surface area contributed by atoms with E-state index in [0.29, 0.717) is 12.0 Å². The largest absolute Gasteiger partial charge is 0.375 e. The summed E-state index contributed by atoms with van der Waals surface area (Å²) in [6.45, 7) is 7.57. The van der Waals surface area contributed by atoms with Gasteiger partial charge in [-0.1, -0.05) is 0 Å². The highest BCUT2D eigenvalue weighted by molar-refractivity contribution is 5.82. The van der Waals surface area contributed by atoms with Gasteiger partial charge in [-0.25, -0.2) is 0 Å². The van der Waals surface area contributed by atoms with Gasteiger partial charge in [-0.05, 0) is 38.1 Å². The second-order valence-corrected chi connectivity index (χ2v) is 6.26. The highest BCUT2D eigenvalue weighted by Gasteiger charge is 2.40. The first kappa shape index (κ1) is 13.3. The molecular weight excluding hydrogens is 242 g/mol. The normalized spacial score (nSPS) is 34.7. The lowest BCUT2D eigenvalue weighted by Crippen LogP contribution is -2.58. The van der Waals surface area contributed by atoms with Crippen molar-refractivity contribution in [2.75, 3.05) is 39.3 Å². The number of hydrogen-bond donors (Lipinski definition) is 2. The van der Waals surface area contributed by atoms with Crippen molar-refractivity contribution in [3.8, 4) is 0 Å². The summed E-state index contributed by atoms with van der Waals surface area (Å²) in [5.74, 6) is 0.230. The number of carbonyl (C=O) groups excluding carboxylic acids is 1. The molecule has 0 aromatic carbocycles. The van der Waals surface area contributed by atoms with E-state index in [9.17, 15) is 4.79 Å². The van der Waals surface area contributed by atoms with E-state index in [1.807, 2.05) is 11.8 Å². The van der Waals surface area contributed by atoms with Crippen molar-refractivity contribution < 1.29 is 9.53 Å². The molecule has 3 fully saturated rings. The van der Waals surface area contributed by atoms with Crippen molar-refractivity contribution in [1.29, 1.82) is 0 Å².